The molecule has 0 saturated carbocycles. The largest absolute Gasteiger partial charge is 0.489 e. The maximum absolute atomic E-state index is 13.5. The van der Waals surface area contributed by atoms with Crippen LogP contribution in [0.5, 0.6) is 5.75 Å². The van der Waals surface area contributed by atoms with Gasteiger partial charge in [0.05, 0.1) is 11.9 Å². The van der Waals surface area contributed by atoms with Gasteiger partial charge in [0.1, 0.15) is 18.2 Å². The molecule has 0 aliphatic heterocycles. The zero-order valence-corrected chi connectivity index (χ0v) is 14.1. The van der Waals surface area contributed by atoms with Crippen molar-refractivity contribution in [3.63, 3.8) is 0 Å². The SMILES string of the molecule is Fc1ccccc1COc1ccc(C=NNc2ccc(Cl)cc2)cc1. The molecule has 3 nitrogen and oxygen atoms in total. The molecule has 3 aromatic carbocycles. The molecule has 3 rings (SSSR count). The molecule has 0 fully saturated rings. The molecule has 25 heavy (non-hydrogen) atoms. The van der Waals surface area contributed by atoms with Crippen LogP contribution in [0.15, 0.2) is 77.9 Å². The number of hydrogen-bond donors (Lipinski definition) is 1. The fourth-order valence-corrected chi connectivity index (χ4v) is 2.26. The average Bonchev–Trinajstić information content (AvgIpc) is 2.64. The smallest absolute Gasteiger partial charge is 0.129 e. The molecule has 0 atom stereocenters. The third kappa shape index (κ3) is 5.06. The lowest BCUT2D eigenvalue weighted by atomic mass is 10.2. The summed E-state index contributed by atoms with van der Waals surface area (Å²) in [6.45, 7) is 0.193. The van der Waals surface area contributed by atoms with Gasteiger partial charge in [-0.15, -0.1) is 0 Å². The van der Waals surface area contributed by atoms with Crippen LogP contribution in [0.2, 0.25) is 5.02 Å². The molecule has 0 saturated heterocycles. The summed E-state index contributed by atoms with van der Waals surface area (Å²) in [5.74, 6) is 0.408. The molecule has 0 unspecified atom stereocenters. The zero-order valence-electron chi connectivity index (χ0n) is 13.3. The van der Waals surface area contributed by atoms with Crippen LogP contribution in [-0.2, 0) is 6.61 Å². The number of ether oxygens (including phenoxy) is 1. The van der Waals surface area contributed by atoms with Crippen molar-refractivity contribution in [1.82, 2.24) is 0 Å². The van der Waals surface area contributed by atoms with Gasteiger partial charge < -0.3 is 4.74 Å². The number of rotatable bonds is 6. The lowest BCUT2D eigenvalue weighted by molar-refractivity contribution is 0.300. The summed E-state index contributed by atoms with van der Waals surface area (Å²) in [6, 6.07) is 21.3. The minimum atomic E-state index is -0.264. The molecular formula is C20H16ClFN2O. The molecule has 0 aliphatic carbocycles. The fourth-order valence-electron chi connectivity index (χ4n) is 2.13. The summed E-state index contributed by atoms with van der Waals surface area (Å²) in [4.78, 5) is 0. The third-order valence-corrected chi connectivity index (χ3v) is 3.74. The Morgan fingerprint density at radius 1 is 0.960 bits per heavy atom. The maximum Gasteiger partial charge on any atom is 0.129 e. The molecule has 126 valence electrons. The Morgan fingerprint density at radius 3 is 2.40 bits per heavy atom. The van der Waals surface area contributed by atoms with Crippen molar-refractivity contribution in [2.75, 3.05) is 5.43 Å². The minimum Gasteiger partial charge on any atom is -0.489 e. The first-order chi connectivity index (χ1) is 12.2. The summed E-state index contributed by atoms with van der Waals surface area (Å²) >= 11 is 5.83. The molecule has 1 N–H and O–H groups in total. The van der Waals surface area contributed by atoms with Gasteiger partial charge in [-0.05, 0) is 60.2 Å². The van der Waals surface area contributed by atoms with E-state index in [0.717, 1.165) is 11.3 Å². The van der Waals surface area contributed by atoms with Gasteiger partial charge in [0.15, 0.2) is 0 Å². The van der Waals surface area contributed by atoms with E-state index in [9.17, 15) is 4.39 Å². The molecular weight excluding hydrogens is 339 g/mol. The Labute approximate surface area is 150 Å². The van der Waals surface area contributed by atoms with Crippen LogP contribution in [0.1, 0.15) is 11.1 Å². The summed E-state index contributed by atoms with van der Waals surface area (Å²) in [6.07, 6.45) is 1.70. The van der Waals surface area contributed by atoms with Gasteiger partial charge >= 0.3 is 0 Å². The topological polar surface area (TPSA) is 33.6 Å². The van der Waals surface area contributed by atoms with Gasteiger partial charge in [0.2, 0.25) is 0 Å². The van der Waals surface area contributed by atoms with Gasteiger partial charge in [0.25, 0.3) is 0 Å². The van der Waals surface area contributed by atoms with Gasteiger partial charge in [-0.1, -0.05) is 29.8 Å². The second kappa shape index (κ2) is 8.31. The number of halogens is 2. The number of hydrazone groups is 1. The lowest BCUT2D eigenvalue weighted by Crippen LogP contribution is -1.98. The van der Waals surface area contributed by atoms with E-state index >= 15 is 0 Å². The van der Waals surface area contributed by atoms with Crippen molar-refractivity contribution in [3.05, 3.63) is 94.8 Å². The fraction of sp³-hybridized carbons (Fsp3) is 0.0500. The number of hydrogen-bond acceptors (Lipinski definition) is 3. The summed E-state index contributed by atoms with van der Waals surface area (Å²) < 4.78 is 19.1. The summed E-state index contributed by atoms with van der Waals surface area (Å²) in [5, 5.41) is 4.85. The monoisotopic (exact) mass is 354 g/mol. The summed E-state index contributed by atoms with van der Waals surface area (Å²) in [7, 11) is 0. The van der Waals surface area contributed by atoms with E-state index in [2.05, 4.69) is 10.5 Å². The Morgan fingerprint density at radius 2 is 1.68 bits per heavy atom. The van der Waals surface area contributed by atoms with Gasteiger partial charge in [0, 0.05) is 10.6 Å². The number of anilines is 1. The molecule has 0 aromatic heterocycles. The van der Waals surface area contributed by atoms with Gasteiger partial charge in [-0.25, -0.2) is 4.39 Å². The highest BCUT2D eigenvalue weighted by atomic mass is 35.5. The Kier molecular flexibility index (Phi) is 5.65. The molecule has 0 spiro atoms. The predicted molar refractivity (Wildman–Crippen MR) is 99.8 cm³/mol. The highest BCUT2D eigenvalue weighted by molar-refractivity contribution is 6.30. The number of nitrogens with one attached hydrogen (secondary N) is 1. The normalized spacial score (nSPS) is 10.8. The zero-order chi connectivity index (χ0) is 17.5. The molecule has 0 amide bonds. The van der Waals surface area contributed by atoms with E-state index in [1.807, 2.05) is 36.4 Å². The highest BCUT2D eigenvalue weighted by Gasteiger charge is 2.01. The quantitative estimate of drug-likeness (QED) is 0.468. The Hall–Kier alpha value is -2.85. The Balaban J connectivity index is 1.54. The molecule has 0 bridgehead atoms. The standard InChI is InChI=1S/C20H16ClFN2O/c21-17-7-9-18(10-8-17)24-23-13-15-5-11-19(12-6-15)25-14-16-3-1-2-4-20(16)22/h1-13,24H,14H2. The molecule has 0 radical (unpaired) electrons. The second-order valence-corrected chi connectivity index (χ2v) is 5.76. The first-order valence-corrected chi connectivity index (χ1v) is 8.09. The molecule has 0 heterocycles. The summed E-state index contributed by atoms with van der Waals surface area (Å²) in [5.41, 5.74) is 5.22. The average molecular weight is 355 g/mol. The second-order valence-electron chi connectivity index (χ2n) is 5.33. The Bertz CT molecular complexity index is 848. The van der Waals surface area contributed by atoms with Crippen molar-refractivity contribution < 1.29 is 9.13 Å². The van der Waals surface area contributed by atoms with Crippen LogP contribution < -0.4 is 10.2 Å². The van der Waals surface area contributed by atoms with Crippen LogP contribution in [0, 0.1) is 5.82 Å². The van der Waals surface area contributed by atoms with Crippen molar-refractivity contribution in [2.45, 2.75) is 6.61 Å². The molecule has 5 heteroatoms. The van der Waals surface area contributed by atoms with Gasteiger partial charge in [-0.3, -0.25) is 5.43 Å². The van der Waals surface area contributed by atoms with Crippen molar-refractivity contribution in [2.24, 2.45) is 5.10 Å². The van der Waals surface area contributed by atoms with Crippen LogP contribution in [0.3, 0.4) is 0 Å². The van der Waals surface area contributed by atoms with E-state index in [0.29, 0.717) is 16.3 Å². The third-order valence-electron chi connectivity index (χ3n) is 3.48. The van der Waals surface area contributed by atoms with Gasteiger partial charge in [-0.2, -0.15) is 5.10 Å². The van der Waals surface area contributed by atoms with Crippen LogP contribution in [-0.4, -0.2) is 6.21 Å². The number of benzene rings is 3. The van der Waals surface area contributed by atoms with Crippen LogP contribution in [0.4, 0.5) is 10.1 Å². The van der Waals surface area contributed by atoms with Crippen molar-refractivity contribution in [1.29, 1.82) is 0 Å². The lowest BCUT2D eigenvalue weighted by Gasteiger charge is -2.07. The molecule has 3 aromatic rings. The minimum absolute atomic E-state index is 0.193. The highest BCUT2D eigenvalue weighted by Crippen LogP contribution is 2.16. The number of nitrogens with zero attached hydrogens (tertiary/aromatic N) is 1. The van der Waals surface area contributed by atoms with E-state index in [1.165, 1.54) is 6.07 Å². The van der Waals surface area contributed by atoms with Crippen molar-refractivity contribution in [3.8, 4) is 5.75 Å². The van der Waals surface area contributed by atoms with Crippen molar-refractivity contribution >= 4 is 23.5 Å². The molecule has 0 aliphatic rings. The van der Waals surface area contributed by atoms with Crippen LogP contribution >= 0.6 is 11.6 Å². The first kappa shape index (κ1) is 17.0. The van der Waals surface area contributed by atoms with E-state index in [-0.39, 0.29) is 12.4 Å². The van der Waals surface area contributed by atoms with E-state index in [1.54, 1.807) is 36.5 Å². The predicted octanol–water partition coefficient (Wildman–Crippen LogP) is 5.50. The maximum atomic E-state index is 13.5. The van der Waals surface area contributed by atoms with Crippen LogP contribution in [0.25, 0.3) is 0 Å². The first-order valence-electron chi connectivity index (χ1n) is 7.71. The van der Waals surface area contributed by atoms with E-state index < -0.39 is 0 Å². The van der Waals surface area contributed by atoms with E-state index in [4.69, 9.17) is 16.3 Å².